The molecule has 0 radical (unpaired) electrons. The van der Waals surface area contributed by atoms with Gasteiger partial charge in [0.05, 0.1) is 7.11 Å². The number of ether oxygens (including phenoxy) is 2. The smallest absolute Gasteiger partial charge is 0.333 e. The lowest BCUT2D eigenvalue weighted by Gasteiger charge is -2.29. The topological polar surface area (TPSA) is 101 Å². The van der Waals surface area contributed by atoms with Gasteiger partial charge in [0.1, 0.15) is 18.0 Å². The molecule has 0 fully saturated rings. The summed E-state index contributed by atoms with van der Waals surface area (Å²) in [7, 11) is 2.75. The third-order valence-electron chi connectivity index (χ3n) is 5.86. The van der Waals surface area contributed by atoms with Gasteiger partial charge < -0.3 is 18.9 Å². The zero-order chi connectivity index (χ0) is 23.8. The van der Waals surface area contributed by atoms with E-state index in [2.05, 4.69) is 9.72 Å². The Bertz CT molecular complexity index is 1480. The van der Waals surface area contributed by atoms with Gasteiger partial charge in [0, 0.05) is 25.8 Å². The van der Waals surface area contributed by atoms with Gasteiger partial charge in [-0.15, -0.1) is 0 Å². The average Bonchev–Trinajstić information content (AvgIpc) is 3.26. The lowest BCUT2D eigenvalue weighted by atomic mass is 10.2. The van der Waals surface area contributed by atoms with Crippen molar-refractivity contribution in [2.45, 2.75) is 19.5 Å². The molecule has 1 aliphatic heterocycles. The summed E-state index contributed by atoms with van der Waals surface area (Å²) in [4.78, 5) is 44.4. The molecule has 0 N–H and O–H groups in total. The highest BCUT2D eigenvalue weighted by atomic mass is 16.5. The van der Waals surface area contributed by atoms with Crippen LogP contribution >= 0.6 is 0 Å². The standard InChI is InChI=1S/C24H23N5O5/c1-26-21-20(22(31)29(24(26)32)15-19(30)33-2)28-14-6-13-27(23(28)25-21)16-9-11-18(12-10-16)34-17-7-4-3-5-8-17/h3-5,7-12H,6,13-15H2,1-2H3. The van der Waals surface area contributed by atoms with Crippen LogP contribution in [-0.4, -0.2) is 38.3 Å². The van der Waals surface area contributed by atoms with E-state index in [0.29, 0.717) is 24.8 Å². The molecule has 0 amide bonds. The fourth-order valence-electron chi connectivity index (χ4n) is 4.16. The number of aryl methyl sites for hydroxylation is 2. The summed E-state index contributed by atoms with van der Waals surface area (Å²) in [5, 5.41) is 0. The number of carbonyl (C=O) groups excluding carboxylic acids is 1. The van der Waals surface area contributed by atoms with E-state index in [4.69, 9.17) is 4.74 Å². The molecule has 174 valence electrons. The molecule has 4 aromatic rings. The minimum Gasteiger partial charge on any atom is -0.468 e. The molecule has 5 rings (SSSR count). The molecule has 0 saturated heterocycles. The van der Waals surface area contributed by atoms with Crippen LogP contribution in [0.1, 0.15) is 6.42 Å². The van der Waals surface area contributed by atoms with Gasteiger partial charge in [0.15, 0.2) is 11.2 Å². The molecule has 34 heavy (non-hydrogen) atoms. The Morgan fingerprint density at radius 3 is 2.41 bits per heavy atom. The summed E-state index contributed by atoms with van der Waals surface area (Å²) in [5.41, 5.74) is 0.274. The zero-order valence-electron chi connectivity index (χ0n) is 18.8. The highest BCUT2D eigenvalue weighted by Gasteiger charge is 2.27. The highest BCUT2D eigenvalue weighted by molar-refractivity contribution is 5.77. The molecule has 0 unspecified atom stereocenters. The summed E-state index contributed by atoms with van der Waals surface area (Å²) in [6.07, 6.45) is 0.778. The van der Waals surface area contributed by atoms with Crippen molar-refractivity contribution in [3.05, 3.63) is 75.4 Å². The van der Waals surface area contributed by atoms with Crippen molar-refractivity contribution in [3.8, 4) is 11.5 Å². The number of carbonyl (C=O) groups is 1. The largest absolute Gasteiger partial charge is 0.468 e. The fraction of sp³-hybridized carbons (Fsp3) is 0.250. The number of para-hydroxylation sites is 1. The predicted octanol–water partition coefficient (Wildman–Crippen LogP) is 2.40. The lowest BCUT2D eigenvalue weighted by Crippen LogP contribution is -2.41. The second-order valence-electron chi connectivity index (χ2n) is 7.96. The van der Waals surface area contributed by atoms with E-state index >= 15 is 0 Å². The predicted molar refractivity (Wildman–Crippen MR) is 126 cm³/mol. The van der Waals surface area contributed by atoms with Crippen LogP contribution in [0.5, 0.6) is 11.5 Å². The fourth-order valence-corrected chi connectivity index (χ4v) is 4.16. The van der Waals surface area contributed by atoms with Crippen molar-refractivity contribution in [2.75, 3.05) is 18.6 Å². The number of benzene rings is 2. The van der Waals surface area contributed by atoms with E-state index in [1.807, 2.05) is 64.1 Å². The summed E-state index contributed by atoms with van der Waals surface area (Å²) < 4.78 is 14.5. The summed E-state index contributed by atoms with van der Waals surface area (Å²) in [6.45, 7) is 0.820. The van der Waals surface area contributed by atoms with Gasteiger partial charge in [-0.1, -0.05) is 18.2 Å². The third kappa shape index (κ3) is 3.62. The Hall–Kier alpha value is -4.34. The molecule has 2 aromatic heterocycles. The summed E-state index contributed by atoms with van der Waals surface area (Å²) in [5.74, 6) is 1.35. The molecule has 10 heteroatoms. The van der Waals surface area contributed by atoms with Crippen LogP contribution in [0.2, 0.25) is 0 Å². The van der Waals surface area contributed by atoms with Crippen LogP contribution in [-0.2, 0) is 29.7 Å². The Kier molecular flexibility index (Phi) is 5.40. The third-order valence-corrected chi connectivity index (χ3v) is 5.86. The van der Waals surface area contributed by atoms with Gasteiger partial charge in [-0.3, -0.25) is 14.2 Å². The van der Waals surface area contributed by atoms with Crippen LogP contribution in [0, 0.1) is 0 Å². The maximum absolute atomic E-state index is 13.2. The van der Waals surface area contributed by atoms with Crippen LogP contribution in [0.3, 0.4) is 0 Å². The first-order valence-corrected chi connectivity index (χ1v) is 10.9. The number of anilines is 2. The van der Waals surface area contributed by atoms with Gasteiger partial charge in [0.25, 0.3) is 5.56 Å². The van der Waals surface area contributed by atoms with Gasteiger partial charge in [-0.2, -0.15) is 4.98 Å². The number of fused-ring (bicyclic) bond motifs is 3. The first-order chi connectivity index (χ1) is 16.5. The van der Waals surface area contributed by atoms with Crippen molar-refractivity contribution in [1.29, 1.82) is 0 Å². The van der Waals surface area contributed by atoms with Crippen LogP contribution in [0.15, 0.2) is 64.2 Å². The van der Waals surface area contributed by atoms with Crippen molar-refractivity contribution >= 4 is 28.8 Å². The highest BCUT2D eigenvalue weighted by Crippen LogP contribution is 2.32. The van der Waals surface area contributed by atoms with Gasteiger partial charge in [0.2, 0.25) is 5.95 Å². The number of esters is 1. The quantitative estimate of drug-likeness (QED) is 0.421. The number of imidazole rings is 1. The number of hydrogen-bond acceptors (Lipinski definition) is 7. The molecule has 1 aliphatic rings. The Balaban J connectivity index is 1.54. The van der Waals surface area contributed by atoms with Crippen LogP contribution < -0.4 is 20.9 Å². The molecule has 0 saturated carbocycles. The molecule has 0 bridgehead atoms. The monoisotopic (exact) mass is 461 g/mol. The SMILES string of the molecule is COC(=O)Cn1c(=O)c2c(nc3n2CCCN3c2ccc(Oc3ccccc3)cc2)n(C)c1=O. The number of rotatable bonds is 5. The molecule has 10 nitrogen and oxygen atoms in total. The van der Waals surface area contributed by atoms with E-state index in [1.165, 1.54) is 18.7 Å². The molecule has 0 aliphatic carbocycles. The number of hydrogen-bond donors (Lipinski definition) is 0. The van der Waals surface area contributed by atoms with E-state index in [9.17, 15) is 14.4 Å². The average molecular weight is 461 g/mol. The van der Waals surface area contributed by atoms with Crippen molar-refractivity contribution in [1.82, 2.24) is 18.7 Å². The molecule has 3 heterocycles. The molecule has 2 aromatic carbocycles. The minimum atomic E-state index is -0.670. The van der Waals surface area contributed by atoms with Gasteiger partial charge in [-0.05, 0) is 42.8 Å². The number of aromatic nitrogens is 4. The van der Waals surface area contributed by atoms with Crippen LogP contribution in [0.25, 0.3) is 11.2 Å². The van der Waals surface area contributed by atoms with Crippen molar-refractivity contribution < 1.29 is 14.3 Å². The Morgan fingerprint density at radius 1 is 1.00 bits per heavy atom. The van der Waals surface area contributed by atoms with Crippen molar-refractivity contribution in [3.63, 3.8) is 0 Å². The van der Waals surface area contributed by atoms with E-state index in [-0.39, 0.29) is 11.2 Å². The zero-order valence-corrected chi connectivity index (χ0v) is 18.8. The maximum atomic E-state index is 13.2. The van der Waals surface area contributed by atoms with Gasteiger partial charge in [-0.25, -0.2) is 9.36 Å². The first-order valence-electron chi connectivity index (χ1n) is 10.9. The second kappa shape index (κ2) is 8.54. The normalized spacial score (nSPS) is 13.1. The van der Waals surface area contributed by atoms with Crippen molar-refractivity contribution in [2.24, 2.45) is 7.05 Å². The minimum absolute atomic E-state index is 0.280. The van der Waals surface area contributed by atoms with E-state index in [0.717, 1.165) is 22.4 Å². The lowest BCUT2D eigenvalue weighted by molar-refractivity contribution is -0.141. The summed E-state index contributed by atoms with van der Waals surface area (Å²) >= 11 is 0. The molecular formula is C24H23N5O5. The second-order valence-corrected chi connectivity index (χ2v) is 7.96. The molecular weight excluding hydrogens is 438 g/mol. The molecule has 0 spiro atoms. The molecule has 0 atom stereocenters. The van der Waals surface area contributed by atoms with E-state index in [1.54, 1.807) is 0 Å². The number of nitrogens with zero attached hydrogens (tertiary/aromatic N) is 5. The Labute approximate surface area is 194 Å². The van der Waals surface area contributed by atoms with Gasteiger partial charge >= 0.3 is 11.7 Å². The maximum Gasteiger partial charge on any atom is 0.333 e. The summed E-state index contributed by atoms with van der Waals surface area (Å²) in [6, 6.07) is 17.1. The van der Waals surface area contributed by atoms with Crippen LogP contribution in [0.4, 0.5) is 11.6 Å². The Morgan fingerprint density at radius 2 is 1.71 bits per heavy atom. The number of methoxy groups -OCH3 is 1. The van der Waals surface area contributed by atoms with E-state index < -0.39 is 23.8 Å². The first kappa shape index (κ1) is 21.5.